The van der Waals surface area contributed by atoms with Crippen LogP contribution in [0.3, 0.4) is 0 Å². The van der Waals surface area contributed by atoms with E-state index in [4.69, 9.17) is 0 Å². The van der Waals surface area contributed by atoms with E-state index in [1.165, 1.54) is 0 Å². The molecule has 0 amide bonds. The van der Waals surface area contributed by atoms with Crippen molar-refractivity contribution in [2.45, 2.75) is 6.92 Å². The second-order valence-electron chi connectivity index (χ2n) is 2.54. The minimum atomic E-state index is 0.765. The van der Waals surface area contributed by atoms with Gasteiger partial charge in [0.15, 0.2) is 0 Å². The van der Waals surface area contributed by atoms with E-state index in [9.17, 15) is 0 Å². The molecule has 0 aromatic carbocycles. The van der Waals surface area contributed by atoms with Gasteiger partial charge in [-0.05, 0) is 38.8 Å². The zero-order valence-electron chi connectivity index (χ0n) is 7.72. The van der Waals surface area contributed by atoms with Gasteiger partial charge in [0.25, 0.3) is 0 Å². The lowest BCUT2D eigenvalue weighted by Gasteiger charge is -1.93. The van der Waals surface area contributed by atoms with Gasteiger partial charge in [-0.15, -0.1) is 0 Å². The van der Waals surface area contributed by atoms with Crippen molar-refractivity contribution in [2.75, 3.05) is 0 Å². The first-order valence-corrected chi connectivity index (χ1v) is 5.64. The van der Waals surface area contributed by atoms with Crippen molar-refractivity contribution < 1.29 is 0 Å². The summed E-state index contributed by atoms with van der Waals surface area (Å²) in [6.45, 7) is 5.70. The Hall–Kier alpha value is -0.610. The van der Waals surface area contributed by atoms with Crippen LogP contribution in [0.5, 0.6) is 0 Å². The van der Waals surface area contributed by atoms with E-state index in [0.29, 0.717) is 0 Å². The molecular weight excluding hydrogens is 308 g/mol. The Bertz CT molecular complexity index is 369. The monoisotopic (exact) mass is 316 g/mol. The number of halogens is 2. The highest BCUT2D eigenvalue weighted by Gasteiger charge is 2.06. The topological polar surface area (TPSA) is 28.7 Å². The van der Waals surface area contributed by atoms with Gasteiger partial charge in [0.05, 0.1) is 0 Å². The average Bonchev–Trinajstić information content (AvgIpc) is 2.48. The molecule has 1 aromatic heterocycles. The fraction of sp³-hybridized carbons (Fsp3) is 0.100. The summed E-state index contributed by atoms with van der Waals surface area (Å²) in [4.78, 5) is 7.36. The molecule has 1 heterocycles. The van der Waals surface area contributed by atoms with Crippen molar-refractivity contribution in [3.63, 3.8) is 0 Å². The van der Waals surface area contributed by atoms with Crippen LogP contribution in [0.15, 0.2) is 40.1 Å². The molecule has 0 fully saturated rings. The minimum Gasteiger partial charge on any atom is -0.332 e. The second kappa shape index (κ2) is 5.32. The summed E-state index contributed by atoms with van der Waals surface area (Å²) in [5.41, 5.74) is 0.953. The van der Waals surface area contributed by atoms with Crippen molar-refractivity contribution in [1.82, 2.24) is 9.97 Å². The number of nitrogens with one attached hydrogen (secondary N) is 1. The lowest BCUT2D eigenvalue weighted by molar-refractivity contribution is 1.23. The molecule has 0 aliphatic rings. The minimum absolute atomic E-state index is 0.765. The largest absolute Gasteiger partial charge is 0.332 e. The van der Waals surface area contributed by atoms with E-state index in [1.54, 1.807) is 6.08 Å². The number of aromatic amines is 1. The van der Waals surface area contributed by atoms with Gasteiger partial charge in [0.2, 0.25) is 0 Å². The van der Waals surface area contributed by atoms with Crippen molar-refractivity contribution >= 4 is 37.4 Å². The average molecular weight is 318 g/mol. The first-order valence-electron chi connectivity index (χ1n) is 4.05. The van der Waals surface area contributed by atoms with Crippen LogP contribution >= 0.6 is 31.9 Å². The zero-order chi connectivity index (χ0) is 10.6. The Morgan fingerprint density at radius 2 is 2.21 bits per heavy atom. The molecule has 0 unspecified atom stereocenters. The highest BCUT2D eigenvalue weighted by atomic mass is 79.9. The molecule has 1 aromatic rings. The maximum atomic E-state index is 4.28. The van der Waals surface area contributed by atoms with Crippen molar-refractivity contribution in [3.8, 4) is 0 Å². The summed E-state index contributed by atoms with van der Waals surface area (Å²) in [5.74, 6) is 0.789. The molecule has 0 radical (unpaired) electrons. The normalized spacial score (nSPS) is 12.4. The molecule has 1 N–H and O–H groups in total. The summed E-state index contributed by atoms with van der Waals surface area (Å²) in [5, 5.41) is 0. The summed E-state index contributed by atoms with van der Waals surface area (Å²) >= 11 is 6.65. The maximum absolute atomic E-state index is 4.28. The summed E-state index contributed by atoms with van der Waals surface area (Å²) in [7, 11) is 0. The van der Waals surface area contributed by atoms with Crippen LogP contribution in [0, 0.1) is 0 Å². The van der Waals surface area contributed by atoms with E-state index in [-0.39, 0.29) is 0 Å². The van der Waals surface area contributed by atoms with Crippen LogP contribution in [0.4, 0.5) is 0 Å². The third-order valence-electron chi connectivity index (χ3n) is 1.58. The van der Waals surface area contributed by atoms with Crippen molar-refractivity contribution in [2.24, 2.45) is 0 Å². The molecule has 0 aliphatic carbocycles. The summed E-state index contributed by atoms with van der Waals surface area (Å²) in [6.07, 6.45) is 7.61. The fourth-order valence-corrected chi connectivity index (χ4v) is 1.46. The van der Waals surface area contributed by atoms with Crippen molar-refractivity contribution in [3.05, 3.63) is 45.9 Å². The molecule has 2 nitrogen and oxygen atoms in total. The first kappa shape index (κ1) is 11.5. The molecule has 0 atom stereocenters. The SMILES string of the molecule is C=C/C(=C\C=C/C)c1nc(Br)c(Br)[nH]1. The Kier molecular flexibility index (Phi) is 4.35. The van der Waals surface area contributed by atoms with E-state index in [2.05, 4.69) is 48.4 Å². The van der Waals surface area contributed by atoms with Crippen LogP contribution in [0.2, 0.25) is 0 Å². The van der Waals surface area contributed by atoms with Gasteiger partial charge in [-0.3, -0.25) is 0 Å². The predicted molar refractivity (Wildman–Crippen MR) is 67.0 cm³/mol. The zero-order valence-corrected chi connectivity index (χ0v) is 10.9. The number of aromatic nitrogens is 2. The number of allylic oxidation sites excluding steroid dienone is 5. The quantitative estimate of drug-likeness (QED) is 0.836. The third-order valence-corrected chi connectivity index (χ3v) is 3.26. The van der Waals surface area contributed by atoms with Gasteiger partial charge >= 0.3 is 0 Å². The number of hydrogen-bond acceptors (Lipinski definition) is 1. The Morgan fingerprint density at radius 1 is 1.50 bits per heavy atom. The van der Waals surface area contributed by atoms with Crippen LogP contribution in [0.25, 0.3) is 5.57 Å². The molecule has 0 bridgehead atoms. The van der Waals surface area contributed by atoms with Gasteiger partial charge in [-0.2, -0.15) is 0 Å². The lowest BCUT2D eigenvalue weighted by atomic mass is 10.2. The molecule has 14 heavy (non-hydrogen) atoms. The van der Waals surface area contributed by atoms with E-state index < -0.39 is 0 Å². The number of rotatable bonds is 3. The first-order chi connectivity index (χ1) is 6.69. The molecule has 0 saturated carbocycles. The van der Waals surface area contributed by atoms with Gasteiger partial charge in [0, 0.05) is 5.57 Å². The molecule has 1 rings (SSSR count). The molecule has 74 valence electrons. The lowest BCUT2D eigenvalue weighted by Crippen LogP contribution is -1.82. The van der Waals surface area contributed by atoms with Crippen molar-refractivity contribution in [1.29, 1.82) is 0 Å². The van der Waals surface area contributed by atoms with Crippen LogP contribution in [-0.2, 0) is 0 Å². The van der Waals surface area contributed by atoms with Crippen LogP contribution < -0.4 is 0 Å². The Morgan fingerprint density at radius 3 is 2.64 bits per heavy atom. The highest BCUT2D eigenvalue weighted by Crippen LogP contribution is 2.23. The standard InChI is InChI=1S/C10H10Br2N2/c1-3-5-6-7(4-2)10-13-8(11)9(12)14-10/h3-6H,2H2,1H3,(H,13,14)/b5-3-,7-6+. The maximum Gasteiger partial charge on any atom is 0.139 e. The molecule has 0 saturated heterocycles. The van der Waals surface area contributed by atoms with E-state index in [1.807, 2.05) is 25.2 Å². The molecular formula is C10H10Br2N2. The highest BCUT2D eigenvalue weighted by molar-refractivity contribution is 9.13. The fourth-order valence-electron chi connectivity index (χ4n) is 0.911. The predicted octanol–water partition coefficient (Wildman–Crippen LogP) is 4.08. The molecule has 0 aliphatic heterocycles. The number of nitrogens with zero attached hydrogens (tertiary/aromatic N) is 1. The molecule has 4 heteroatoms. The Balaban J connectivity index is 3.07. The van der Waals surface area contributed by atoms with Gasteiger partial charge in [0.1, 0.15) is 15.0 Å². The summed E-state index contributed by atoms with van der Waals surface area (Å²) in [6, 6.07) is 0. The third kappa shape index (κ3) is 2.69. The number of imidazole rings is 1. The summed E-state index contributed by atoms with van der Waals surface area (Å²) < 4.78 is 1.60. The van der Waals surface area contributed by atoms with Crippen LogP contribution in [0.1, 0.15) is 12.7 Å². The second-order valence-corrected chi connectivity index (χ2v) is 4.09. The van der Waals surface area contributed by atoms with E-state index >= 15 is 0 Å². The van der Waals surface area contributed by atoms with Gasteiger partial charge in [-0.25, -0.2) is 4.98 Å². The van der Waals surface area contributed by atoms with Gasteiger partial charge < -0.3 is 4.98 Å². The Labute approximate surface area is 100 Å². The smallest absolute Gasteiger partial charge is 0.139 e. The van der Waals surface area contributed by atoms with Gasteiger partial charge in [-0.1, -0.05) is 30.9 Å². The number of hydrogen-bond donors (Lipinski definition) is 1. The molecule has 0 spiro atoms. The van der Waals surface area contributed by atoms with E-state index in [0.717, 1.165) is 20.6 Å². The van der Waals surface area contributed by atoms with Crippen LogP contribution in [-0.4, -0.2) is 9.97 Å². The number of H-pyrrole nitrogens is 1.